The second-order valence-electron chi connectivity index (χ2n) is 5.40. The van der Waals surface area contributed by atoms with Gasteiger partial charge in [-0.25, -0.2) is 0 Å². The monoisotopic (exact) mass is 293 g/mol. The number of H-pyrrole nitrogens is 1. The molecule has 2 heterocycles. The van der Waals surface area contributed by atoms with Crippen molar-refractivity contribution in [2.75, 3.05) is 0 Å². The van der Waals surface area contributed by atoms with Crippen molar-refractivity contribution in [3.63, 3.8) is 0 Å². The first kappa shape index (κ1) is 13.1. The third-order valence-corrected chi connectivity index (χ3v) is 5.21. The van der Waals surface area contributed by atoms with Gasteiger partial charge in [0.15, 0.2) is 10.6 Å². The van der Waals surface area contributed by atoms with E-state index >= 15 is 0 Å². The number of thiophene rings is 1. The van der Waals surface area contributed by atoms with Crippen LogP contribution in [0.5, 0.6) is 0 Å². The predicted octanol–water partition coefficient (Wildman–Crippen LogP) is 4.20. The topological polar surface area (TPSA) is 33.6 Å². The SMILES string of the molecule is CCCn1c(-c2csc3c2CC[C@@H](C)C3)n[nH]c1=S. The lowest BCUT2D eigenvalue weighted by atomic mass is 9.88. The van der Waals surface area contributed by atoms with Gasteiger partial charge in [-0.05, 0) is 49.4 Å². The molecule has 0 fully saturated rings. The molecule has 2 aromatic heterocycles. The highest BCUT2D eigenvalue weighted by Crippen LogP contribution is 2.37. The molecule has 1 aliphatic rings. The maximum absolute atomic E-state index is 5.33. The van der Waals surface area contributed by atoms with E-state index in [1.54, 1.807) is 4.88 Å². The highest BCUT2D eigenvalue weighted by molar-refractivity contribution is 7.71. The van der Waals surface area contributed by atoms with E-state index in [0.717, 1.165) is 29.5 Å². The minimum absolute atomic E-state index is 0.737. The number of rotatable bonds is 3. The Morgan fingerprint density at radius 3 is 3.21 bits per heavy atom. The standard InChI is InChI=1S/C14H19N3S2/c1-3-6-17-13(15-16-14(17)18)11-8-19-12-7-9(2)4-5-10(11)12/h8-9H,3-7H2,1-2H3,(H,16,18)/t9-/m1/s1. The normalized spacial score (nSPS) is 18.5. The van der Waals surface area contributed by atoms with E-state index < -0.39 is 0 Å². The molecule has 3 nitrogen and oxygen atoms in total. The van der Waals surface area contributed by atoms with Crippen molar-refractivity contribution in [3.8, 4) is 11.4 Å². The summed E-state index contributed by atoms with van der Waals surface area (Å²) < 4.78 is 2.87. The molecule has 102 valence electrons. The predicted molar refractivity (Wildman–Crippen MR) is 82.2 cm³/mol. The zero-order valence-electron chi connectivity index (χ0n) is 11.4. The molecule has 0 bridgehead atoms. The van der Waals surface area contributed by atoms with Gasteiger partial charge in [0.1, 0.15) is 0 Å². The van der Waals surface area contributed by atoms with E-state index in [-0.39, 0.29) is 0 Å². The summed E-state index contributed by atoms with van der Waals surface area (Å²) >= 11 is 7.22. The Kier molecular flexibility index (Phi) is 3.58. The Balaban J connectivity index is 2.06. The molecule has 0 radical (unpaired) electrons. The highest BCUT2D eigenvalue weighted by Gasteiger charge is 2.22. The van der Waals surface area contributed by atoms with Crippen LogP contribution >= 0.6 is 23.6 Å². The summed E-state index contributed by atoms with van der Waals surface area (Å²) in [4.78, 5) is 1.55. The number of aromatic amines is 1. The van der Waals surface area contributed by atoms with E-state index in [1.807, 2.05) is 11.3 Å². The molecule has 0 unspecified atom stereocenters. The molecule has 0 spiro atoms. The van der Waals surface area contributed by atoms with E-state index in [0.29, 0.717) is 0 Å². The van der Waals surface area contributed by atoms with Gasteiger partial charge in [0, 0.05) is 22.4 Å². The maximum atomic E-state index is 5.33. The minimum atomic E-state index is 0.737. The van der Waals surface area contributed by atoms with E-state index in [4.69, 9.17) is 12.2 Å². The van der Waals surface area contributed by atoms with Gasteiger partial charge in [0.25, 0.3) is 0 Å². The fourth-order valence-corrected chi connectivity index (χ4v) is 4.29. The van der Waals surface area contributed by atoms with Gasteiger partial charge in [-0.15, -0.1) is 11.3 Å². The zero-order valence-corrected chi connectivity index (χ0v) is 13.0. The lowest BCUT2D eigenvalue weighted by molar-refractivity contribution is 0.508. The van der Waals surface area contributed by atoms with Crippen LogP contribution in [0.2, 0.25) is 0 Å². The summed E-state index contributed by atoms with van der Waals surface area (Å²) in [7, 11) is 0. The van der Waals surface area contributed by atoms with Crippen molar-refractivity contribution in [2.24, 2.45) is 5.92 Å². The average molecular weight is 293 g/mol. The number of hydrogen-bond acceptors (Lipinski definition) is 3. The molecular formula is C14H19N3S2. The fraction of sp³-hybridized carbons (Fsp3) is 0.571. The quantitative estimate of drug-likeness (QED) is 0.860. The van der Waals surface area contributed by atoms with Crippen LogP contribution in [0, 0.1) is 10.7 Å². The Labute approximate surface area is 122 Å². The Morgan fingerprint density at radius 2 is 2.42 bits per heavy atom. The summed E-state index contributed by atoms with van der Waals surface area (Å²) in [6, 6.07) is 0. The van der Waals surface area contributed by atoms with E-state index in [9.17, 15) is 0 Å². The first-order valence-corrected chi connectivity index (χ1v) is 8.24. The van der Waals surface area contributed by atoms with Crippen molar-refractivity contribution < 1.29 is 0 Å². The van der Waals surface area contributed by atoms with Crippen LogP contribution in [0.3, 0.4) is 0 Å². The molecule has 3 rings (SSSR count). The van der Waals surface area contributed by atoms with Crippen molar-refractivity contribution in [1.29, 1.82) is 0 Å². The van der Waals surface area contributed by atoms with Gasteiger partial charge in [-0.3, -0.25) is 5.10 Å². The van der Waals surface area contributed by atoms with E-state index in [1.165, 1.54) is 30.4 Å². The van der Waals surface area contributed by atoms with Crippen LogP contribution in [0.15, 0.2) is 5.38 Å². The molecule has 0 aromatic carbocycles. The lowest BCUT2D eigenvalue weighted by Crippen LogP contribution is -2.10. The van der Waals surface area contributed by atoms with Crippen LogP contribution in [0.1, 0.15) is 37.1 Å². The van der Waals surface area contributed by atoms with E-state index in [2.05, 4.69) is 34.0 Å². The molecule has 0 amide bonds. The summed E-state index contributed by atoms with van der Waals surface area (Å²) in [6.45, 7) is 5.45. The van der Waals surface area contributed by atoms with Gasteiger partial charge in [0.2, 0.25) is 0 Å². The first-order chi connectivity index (χ1) is 9.20. The summed E-state index contributed by atoms with van der Waals surface area (Å²) in [5, 5.41) is 9.67. The van der Waals surface area contributed by atoms with Crippen molar-refractivity contribution >= 4 is 23.6 Å². The molecule has 1 N–H and O–H groups in total. The van der Waals surface area contributed by atoms with Crippen LogP contribution < -0.4 is 0 Å². The number of hydrogen-bond donors (Lipinski definition) is 1. The summed E-state index contributed by atoms with van der Waals surface area (Å²) in [5.74, 6) is 1.84. The van der Waals surface area contributed by atoms with Crippen LogP contribution in [-0.4, -0.2) is 14.8 Å². The Hall–Kier alpha value is -0.940. The van der Waals surface area contributed by atoms with Gasteiger partial charge >= 0.3 is 0 Å². The van der Waals surface area contributed by atoms with Gasteiger partial charge < -0.3 is 4.57 Å². The third-order valence-electron chi connectivity index (χ3n) is 3.85. The fourth-order valence-electron chi connectivity index (χ4n) is 2.82. The third kappa shape index (κ3) is 2.30. The molecule has 1 atom stereocenters. The molecule has 0 aliphatic heterocycles. The van der Waals surface area contributed by atoms with Gasteiger partial charge in [-0.2, -0.15) is 5.10 Å². The van der Waals surface area contributed by atoms with Crippen molar-refractivity contribution in [1.82, 2.24) is 14.8 Å². The first-order valence-electron chi connectivity index (χ1n) is 6.95. The average Bonchev–Trinajstić information content (AvgIpc) is 2.94. The molecule has 1 aliphatic carbocycles. The largest absolute Gasteiger partial charge is 0.300 e. The van der Waals surface area contributed by atoms with Gasteiger partial charge in [0.05, 0.1) is 0 Å². The smallest absolute Gasteiger partial charge is 0.195 e. The molecule has 0 saturated heterocycles. The molecule has 19 heavy (non-hydrogen) atoms. The lowest BCUT2D eigenvalue weighted by Gasteiger charge is -2.19. The minimum Gasteiger partial charge on any atom is -0.300 e. The molecule has 2 aromatic rings. The number of nitrogens with one attached hydrogen (secondary N) is 1. The van der Waals surface area contributed by atoms with Crippen LogP contribution in [0.4, 0.5) is 0 Å². The van der Waals surface area contributed by atoms with Crippen LogP contribution in [-0.2, 0) is 19.4 Å². The number of aromatic nitrogens is 3. The number of nitrogens with zero attached hydrogens (tertiary/aromatic N) is 2. The number of fused-ring (bicyclic) bond motifs is 1. The van der Waals surface area contributed by atoms with Crippen molar-refractivity contribution in [2.45, 2.75) is 46.1 Å². The second-order valence-corrected chi connectivity index (χ2v) is 6.75. The van der Waals surface area contributed by atoms with Crippen molar-refractivity contribution in [3.05, 3.63) is 20.6 Å². The van der Waals surface area contributed by atoms with Gasteiger partial charge in [-0.1, -0.05) is 13.8 Å². The Morgan fingerprint density at radius 1 is 1.58 bits per heavy atom. The molecule has 5 heteroatoms. The molecular weight excluding hydrogens is 274 g/mol. The Bertz CT molecular complexity index is 635. The van der Waals surface area contributed by atoms with Crippen LogP contribution in [0.25, 0.3) is 11.4 Å². The highest BCUT2D eigenvalue weighted by atomic mass is 32.1. The maximum Gasteiger partial charge on any atom is 0.195 e. The zero-order chi connectivity index (χ0) is 13.4. The summed E-state index contributed by atoms with van der Waals surface area (Å²) in [5.41, 5.74) is 2.81. The summed E-state index contributed by atoms with van der Waals surface area (Å²) in [6.07, 6.45) is 4.76. The molecule has 0 saturated carbocycles. The second kappa shape index (κ2) is 5.21.